The number of amides is 1. The van der Waals surface area contributed by atoms with Gasteiger partial charge in [-0.1, -0.05) is 53.9 Å². The Morgan fingerprint density at radius 2 is 1.92 bits per heavy atom. The summed E-state index contributed by atoms with van der Waals surface area (Å²) >= 11 is 12.1. The first-order chi connectivity index (χ1) is 12.6. The predicted molar refractivity (Wildman–Crippen MR) is 106 cm³/mol. The lowest BCUT2D eigenvalue weighted by molar-refractivity contribution is 0.0345. The molecule has 1 saturated heterocycles. The molecule has 0 saturated carbocycles. The number of benzene rings is 2. The van der Waals surface area contributed by atoms with Crippen molar-refractivity contribution in [2.45, 2.75) is 37.9 Å². The molecule has 0 bridgehead atoms. The summed E-state index contributed by atoms with van der Waals surface area (Å²) in [5.41, 5.74) is 3.17. The van der Waals surface area contributed by atoms with Crippen molar-refractivity contribution in [3.63, 3.8) is 0 Å². The second-order valence-corrected chi connectivity index (χ2v) is 8.04. The first-order valence-electron chi connectivity index (χ1n) is 9.10. The van der Waals surface area contributed by atoms with E-state index in [9.17, 15) is 4.79 Å². The number of hydrogen-bond donors (Lipinski definition) is 0. The van der Waals surface area contributed by atoms with Crippen LogP contribution in [0.3, 0.4) is 0 Å². The third-order valence-corrected chi connectivity index (χ3v) is 6.42. The van der Waals surface area contributed by atoms with E-state index in [-0.39, 0.29) is 11.9 Å². The number of carbonyl (C=O) groups excluding carboxylic acids is 1. The quantitative estimate of drug-likeness (QED) is 0.707. The topological polar surface area (TPSA) is 23.6 Å². The third-order valence-electron chi connectivity index (χ3n) is 5.68. The van der Waals surface area contributed by atoms with Gasteiger partial charge < -0.3 is 4.90 Å². The van der Waals surface area contributed by atoms with E-state index in [1.54, 1.807) is 18.2 Å². The zero-order valence-corrected chi connectivity index (χ0v) is 16.3. The molecular weight excluding hydrogens is 367 g/mol. The van der Waals surface area contributed by atoms with Crippen LogP contribution in [0.2, 0.25) is 10.0 Å². The third kappa shape index (κ3) is 3.13. The van der Waals surface area contributed by atoms with Crippen LogP contribution in [0.25, 0.3) is 0 Å². The normalized spacial score (nSPS) is 22.4. The SMILES string of the molecule is CN(C(=O)c1ccc(Cl)c(Cl)c1)[C@@H]1c2ccccc2CN2CCCC[C@H]12. The molecule has 5 heteroatoms. The molecule has 2 aliphatic rings. The summed E-state index contributed by atoms with van der Waals surface area (Å²) in [6, 6.07) is 14.0. The van der Waals surface area contributed by atoms with Gasteiger partial charge in [0.1, 0.15) is 0 Å². The second-order valence-electron chi connectivity index (χ2n) is 7.22. The summed E-state index contributed by atoms with van der Waals surface area (Å²) in [6.07, 6.45) is 3.57. The minimum Gasteiger partial charge on any atom is -0.333 e. The van der Waals surface area contributed by atoms with E-state index in [1.807, 2.05) is 11.9 Å². The van der Waals surface area contributed by atoms with Crippen LogP contribution in [0.1, 0.15) is 46.8 Å². The fourth-order valence-electron chi connectivity index (χ4n) is 4.39. The van der Waals surface area contributed by atoms with E-state index in [2.05, 4.69) is 29.2 Å². The van der Waals surface area contributed by atoms with Crippen molar-refractivity contribution in [3.05, 3.63) is 69.2 Å². The minimum absolute atomic E-state index is 0.0178. The van der Waals surface area contributed by atoms with Crippen LogP contribution in [-0.4, -0.2) is 35.3 Å². The Labute approximate surface area is 164 Å². The second kappa shape index (κ2) is 7.22. The van der Waals surface area contributed by atoms with E-state index in [4.69, 9.17) is 23.2 Å². The summed E-state index contributed by atoms with van der Waals surface area (Å²) in [6.45, 7) is 2.08. The van der Waals surface area contributed by atoms with Gasteiger partial charge in [-0.25, -0.2) is 0 Å². The fraction of sp³-hybridized carbons (Fsp3) is 0.381. The molecule has 2 atom stereocenters. The van der Waals surface area contributed by atoms with Gasteiger partial charge in [0.05, 0.1) is 16.1 Å². The van der Waals surface area contributed by atoms with Gasteiger partial charge in [-0.2, -0.15) is 0 Å². The molecule has 136 valence electrons. The van der Waals surface area contributed by atoms with Gasteiger partial charge in [-0.3, -0.25) is 9.69 Å². The minimum atomic E-state index is -0.0178. The van der Waals surface area contributed by atoms with Crippen molar-refractivity contribution >= 4 is 29.1 Å². The van der Waals surface area contributed by atoms with Crippen molar-refractivity contribution < 1.29 is 4.79 Å². The van der Waals surface area contributed by atoms with Crippen LogP contribution < -0.4 is 0 Å². The van der Waals surface area contributed by atoms with Gasteiger partial charge in [-0.15, -0.1) is 0 Å². The highest BCUT2D eigenvalue weighted by molar-refractivity contribution is 6.42. The molecule has 0 unspecified atom stereocenters. The molecule has 4 rings (SSSR count). The lowest BCUT2D eigenvalue weighted by Crippen LogP contribution is -2.52. The molecule has 2 aromatic carbocycles. The Hall–Kier alpha value is -1.55. The van der Waals surface area contributed by atoms with Crippen LogP contribution in [0.15, 0.2) is 42.5 Å². The molecule has 1 amide bonds. The number of rotatable bonds is 2. The molecule has 0 radical (unpaired) electrons. The monoisotopic (exact) mass is 388 g/mol. The molecular formula is C21H22Cl2N2O. The number of likely N-dealkylation sites (N-methyl/N-ethyl adjacent to an activating group) is 1. The van der Waals surface area contributed by atoms with Crippen LogP contribution >= 0.6 is 23.2 Å². The lowest BCUT2D eigenvalue weighted by Gasteiger charge is -2.48. The molecule has 0 aliphatic carbocycles. The molecule has 3 nitrogen and oxygen atoms in total. The Morgan fingerprint density at radius 1 is 1.12 bits per heavy atom. The first kappa shape index (κ1) is 17.8. The molecule has 2 heterocycles. The highest BCUT2D eigenvalue weighted by Gasteiger charge is 2.39. The summed E-state index contributed by atoms with van der Waals surface area (Å²) in [5.74, 6) is -0.0178. The van der Waals surface area contributed by atoms with E-state index < -0.39 is 0 Å². The smallest absolute Gasteiger partial charge is 0.254 e. The highest BCUT2D eigenvalue weighted by Crippen LogP contribution is 2.40. The number of carbonyl (C=O) groups is 1. The zero-order chi connectivity index (χ0) is 18.3. The number of hydrogen-bond acceptors (Lipinski definition) is 2. The molecule has 0 spiro atoms. The molecule has 0 N–H and O–H groups in total. The van der Waals surface area contributed by atoms with E-state index in [1.165, 1.54) is 24.0 Å². The Balaban J connectivity index is 1.71. The van der Waals surface area contributed by atoms with Crippen LogP contribution in [0.5, 0.6) is 0 Å². The van der Waals surface area contributed by atoms with Crippen molar-refractivity contribution in [1.82, 2.24) is 9.80 Å². The summed E-state index contributed by atoms with van der Waals surface area (Å²) in [7, 11) is 1.91. The fourth-order valence-corrected chi connectivity index (χ4v) is 4.69. The maximum Gasteiger partial charge on any atom is 0.254 e. The van der Waals surface area contributed by atoms with E-state index in [0.717, 1.165) is 19.5 Å². The Kier molecular flexibility index (Phi) is 4.96. The Bertz CT molecular complexity index is 839. The van der Waals surface area contributed by atoms with Crippen LogP contribution in [0.4, 0.5) is 0 Å². The average molecular weight is 389 g/mol. The highest BCUT2D eigenvalue weighted by atomic mass is 35.5. The van der Waals surface area contributed by atoms with Crippen LogP contribution in [0, 0.1) is 0 Å². The van der Waals surface area contributed by atoms with E-state index in [0.29, 0.717) is 21.7 Å². The first-order valence-corrected chi connectivity index (χ1v) is 9.86. The van der Waals surface area contributed by atoms with Crippen molar-refractivity contribution in [3.8, 4) is 0 Å². The number of halogens is 2. The van der Waals surface area contributed by atoms with Gasteiger partial charge in [0.25, 0.3) is 5.91 Å². The lowest BCUT2D eigenvalue weighted by atomic mass is 9.83. The van der Waals surface area contributed by atoms with Crippen LogP contribution in [-0.2, 0) is 6.54 Å². The van der Waals surface area contributed by atoms with Crippen molar-refractivity contribution in [2.24, 2.45) is 0 Å². The van der Waals surface area contributed by atoms with Gasteiger partial charge >= 0.3 is 0 Å². The molecule has 2 aromatic rings. The summed E-state index contributed by atoms with van der Waals surface area (Å²) in [5, 5.41) is 0.876. The standard InChI is InChI=1S/C21H22Cl2N2O/c1-24(21(26)14-9-10-17(22)18(23)12-14)20-16-7-3-2-6-15(16)13-25-11-5-4-8-19(20)25/h2-3,6-7,9-10,12,19-20H,4-5,8,11,13H2,1H3/t19-,20-/m1/s1. The van der Waals surface area contributed by atoms with Gasteiger partial charge in [0.2, 0.25) is 0 Å². The van der Waals surface area contributed by atoms with Crippen molar-refractivity contribution in [1.29, 1.82) is 0 Å². The summed E-state index contributed by atoms with van der Waals surface area (Å²) in [4.78, 5) is 17.6. The number of fused-ring (bicyclic) bond motifs is 2. The predicted octanol–water partition coefficient (Wildman–Crippen LogP) is 5.17. The van der Waals surface area contributed by atoms with E-state index >= 15 is 0 Å². The maximum absolute atomic E-state index is 13.2. The molecule has 1 fully saturated rings. The largest absolute Gasteiger partial charge is 0.333 e. The Morgan fingerprint density at radius 3 is 2.73 bits per heavy atom. The number of nitrogens with zero attached hydrogens (tertiary/aromatic N) is 2. The molecule has 2 aliphatic heterocycles. The van der Waals surface area contributed by atoms with Gasteiger partial charge in [-0.05, 0) is 48.7 Å². The average Bonchev–Trinajstić information content (AvgIpc) is 2.67. The molecule has 26 heavy (non-hydrogen) atoms. The number of piperidine rings is 1. The van der Waals surface area contributed by atoms with Gasteiger partial charge in [0, 0.05) is 25.2 Å². The maximum atomic E-state index is 13.2. The molecule has 0 aromatic heterocycles. The summed E-state index contributed by atoms with van der Waals surface area (Å²) < 4.78 is 0. The van der Waals surface area contributed by atoms with Gasteiger partial charge in [0.15, 0.2) is 0 Å². The zero-order valence-electron chi connectivity index (χ0n) is 14.8. The van der Waals surface area contributed by atoms with Crippen molar-refractivity contribution in [2.75, 3.05) is 13.6 Å².